The second-order valence-corrected chi connectivity index (χ2v) is 5.27. The lowest BCUT2D eigenvalue weighted by Gasteiger charge is -2.16. The molecule has 0 atom stereocenters. The molecule has 3 aromatic rings. The molecule has 106 valence electrons. The molecule has 0 saturated heterocycles. The van der Waals surface area contributed by atoms with Gasteiger partial charge in [-0.05, 0) is 12.0 Å². The molecule has 0 fully saturated rings. The van der Waals surface area contributed by atoms with Crippen molar-refractivity contribution in [2.45, 2.75) is 19.8 Å². The summed E-state index contributed by atoms with van der Waals surface area (Å²) in [5.74, 6) is 1.20. The minimum Gasteiger partial charge on any atom is -0.373 e. The van der Waals surface area contributed by atoms with Gasteiger partial charge in [-0.25, -0.2) is 9.97 Å². The standard InChI is InChI=1S/C17H18N4/c1-11(2)14-16(20-10-21-17(14)18-3)13-8-4-6-12-7-5-9-19-15(12)13/h4-11H,1-3H3,(H,18,20,21). The summed E-state index contributed by atoms with van der Waals surface area (Å²) < 4.78 is 0. The van der Waals surface area contributed by atoms with E-state index in [0.717, 1.165) is 33.5 Å². The molecule has 3 rings (SSSR count). The van der Waals surface area contributed by atoms with Gasteiger partial charge in [0, 0.05) is 29.8 Å². The third kappa shape index (κ3) is 2.33. The van der Waals surface area contributed by atoms with E-state index in [-0.39, 0.29) is 0 Å². The Morgan fingerprint density at radius 3 is 2.57 bits per heavy atom. The van der Waals surface area contributed by atoms with Gasteiger partial charge in [0.1, 0.15) is 12.1 Å². The van der Waals surface area contributed by atoms with Gasteiger partial charge in [-0.3, -0.25) is 4.98 Å². The Kier molecular flexibility index (Phi) is 3.52. The number of hydrogen-bond acceptors (Lipinski definition) is 4. The Balaban J connectivity index is 2.33. The van der Waals surface area contributed by atoms with Crippen molar-refractivity contribution in [2.75, 3.05) is 12.4 Å². The van der Waals surface area contributed by atoms with Crippen molar-refractivity contribution in [1.29, 1.82) is 0 Å². The molecule has 1 N–H and O–H groups in total. The molecule has 0 unspecified atom stereocenters. The minimum atomic E-state index is 0.322. The zero-order valence-electron chi connectivity index (χ0n) is 12.5. The topological polar surface area (TPSA) is 50.7 Å². The van der Waals surface area contributed by atoms with E-state index in [2.05, 4.69) is 52.3 Å². The van der Waals surface area contributed by atoms with Crippen LogP contribution in [0.4, 0.5) is 5.82 Å². The van der Waals surface area contributed by atoms with E-state index in [1.54, 1.807) is 6.33 Å². The first kappa shape index (κ1) is 13.5. The van der Waals surface area contributed by atoms with Crippen molar-refractivity contribution < 1.29 is 0 Å². The summed E-state index contributed by atoms with van der Waals surface area (Å²) in [6.07, 6.45) is 3.43. The Bertz CT molecular complexity index is 775. The first-order valence-electron chi connectivity index (χ1n) is 7.09. The quantitative estimate of drug-likeness (QED) is 0.790. The van der Waals surface area contributed by atoms with Crippen LogP contribution in [0.15, 0.2) is 42.9 Å². The average Bonchev–Trinajstić information content (AvgIpc) is 2.53. The maximum Gasteiger partial charge on any atom is 0.133 e. The second kappa shape index (κ2) is 5.48. The molecule has 0 amide bonds. The van der Waals surface area contributed by atoms with Crippen LogP contribution < -0.4 is 5.32 Å². The van der Waals surface area contributed by atoms with E-state index in [4.69, 9.17) is 0 Å². The van der Waals surface area contributed by atoms with E-state index in [1.807, 2.05) is 25.4 Å². The molecule has 0 aliphatic carbocycles. The van der Waals surface area contributed by atoms with Crippen molar-refractivity contribution in [2.24, 2.45) is 0 Å². The Morgan fingerprint density at radius 1 is 1.00 bits per heavy atom. The Hall–Kier alpha value is -2.49. The van der Waals surface area contributed by atoms with Gasteiger partial charge in [0.05, 0.1) is 11.2 Å². The van der Waals surface area contributed by atoms with E-state index in [9.17, 15) is 0 Å². The number of anilines is 1. The molecule has 1 aromatic carbocycles. The van der Waals surface area contributed by atoms with Crippen molar-refractivity contribution in [3.8, 4) is 11.3 Å². The number of fused-ring (bicyclic) bond motifs is 1. The van der Waals surface area contributed by atoms with Crippen molar-refractivity contribution in [3.63, 3.8) is 0 Å². The van der Waals surface area contributed by atoms with Gasteiger partial charge >= 0.3 is 0 Å². The highest BCUT2D eigenvalue weighted by Gasteiger charge is 2.17. The van der Waals surface area contributed by atoms with Gasteiger partial charge in [-0.15, -0.1) is 0 Å². The summed E-state index contributed by atoms with van der Waals surface area (Å²) >= 11 is 0. The SMILES string of the molecule is CNc1ncnc(-c2cccc3cccnc23)c1C(C)C. The molecule has 2 heterocycles. The average molecular weight is 278 g/mol. The van der Waals surface area contributed by atoms with Gasteiger partial charge in [0.25, 0.3) is 0 Å². The monoisotopic (exact) mass is 278 g/mol. The van der Waals surface area contributed by atoms with Crippen LogP contribution >= 0.6 is 0 Å². The molecular formula is C17H18N4. The lowest BCUT2D eigenvalue weighted by Crippen LogP contribution is -2.05. The van der Waals surface area contributed by atoms with Gasteiger partial charge < -0.3 is 5.32 Å². The molecule has 0 aliphatic rings. The predicted octanol–water partition coefficient (Wildman–Crippen LogP) is 3.86. The molecule has 0 saturated carbocycles. The first-order chi connectivity index (χ1) is 10.2. The van der Waals surface area contributed by atoms with Crippen molar-refractivity contribution >= 4 is 16.7 Å². The van der Waals surface area contributed by atoms with Gasteiger partial charge in [0.2, 0.25) is 0 Å². The van der Waals surface area contributed by atoms with Crippen molar-refractivity contribution in [3.05, 3.63) is 48.4 Å². The number of aromatic nitrogens is 3. The summed E-state index contributed by atoms with van der Waals surface area (Å²) in [6, 6.07) is 10.2. The number of benzene rings is 1. The first-order valence-corrected chi connectivity index (χ1v) is 7.09. The zero-order chi connectivity index (χ0) is 14.8. The lowest BCUT2D eigenvalue weighted by atomic mass is 9.96. The maximum absolute atomic E-state index is 4.54. The minimum absolute atomic E-state index is 0.322. The highest BCUT2D eigenvalue weighted by molar-refractivity contribution is 5.93. The van der Waals surface area contributed by atoms with Crippen LogP contribution in [0.5, 0.6) is 0 Å². The van der Waals surface area contributed by atoms with Gasteiger partial charge in [-0.1, -0.05) is 38.1 Å². The molecule has 0 aliphatic heterocycles. The van der Waals surface area contributed by atoms with Crippen LogP contribution in [-0.4, -0.2) is 22.0 Å². The number of rotatable bonds is 3. The molecule has 21 heavy (non-hydrogen) atoms. The Morgan fingerprint density at radius 2 is 1.81 bits per heavy atom. The molecule has 0 radical (unpaired) electrons. The third-order valence-electron chi connectivity index (χ3n) is 3.59. The summed E-state index contributed by atoms with van der Waals surface area (Å²) in [4.78, 5) is 13.4. The van der Waals surface area contributed by atoms with Crippen LogP contribution in [0.2, 0.25) is 0 Å². The Labute approximate surface area is 124 Å². The molecule has 0 bridgehead atoms. The highest BCUT2D eigenvalue weighted by atomic mass is 15.0. The molecule has 4 heteroatoms. The molecule has 0 spiro atoms. The van der Waals surface area contributed by atoms with E-state index in [1.165, 1.54) is 0 Å². The van der Waals surface area contributed by atoms with Crippen LogP contribution in [0.1, 0.15) is 25.3 Å². The van der Waals surface area contributed by atoms with E-state index < -0.39 is 0 Å². The fourth-order valence-electron chi connectivity index (χ4n) is 2.65. The summed E-state index contributed by atoms with van der Waals surface area (Å²) in [5.41, 5.74) is 4.10. The van der Waals surface area contributed by atoms with Crippen LogP contribution in [0.25, 0.3) is 22.2 Å². The van der Waals surface area contributed by atoms with Crippen molar-refractivity contribution in [1.82, 2.24) is 15.0 Å². The summed E-state index contributed by atoms with van der Waals surface area (Å²) in [7, 11) is 1.89. The second-order valence-electron chi connectivity index (χ2n) is 5.27. The lowest BCUT2D eigenvalue weighted by molar-refractivity contribution is 0.852. The molecule has 2 aromatic heterocycles. The summed E-state index contributed by atoms with van der Waals surface area (Å²) in [5, 5.41) is 4.28. The van der Waals surface area contributed by atoms with E-state index in [0.29, 0.717) is 5.92 Å². The number of para-hydroxylation sites is 1. The number of pyridine rings is 1. The maximum atomic E-state index is 4.54. The third-order valence-corrected chi connectivity index (χ3v) is 3.59. The smallest absolute Gasteiger partial charge is 0.133 e. The summed E-state index contributed by atoms with van der Waals surface area (Å²) in [6.45, 7) is 4.31. The van der Waals surface area contributed by atoms with Gasteiger partial charge in [0.15, 0.2) is 0 Å². The van der Waals surface area contributed by atoms with Gasteiger partial charge in [-0.2, -0.15) is 0 Å². The van der Waals surface area contributed by atoms with Crippen LogP contribution in [-0.2, 0) is 0 Å². The number of nitrogens with zero attached hydrogens (tertiary/aromatic N) is 3. The number of hydrogen-bond donors (Lipinski definition) is 1. The fraction of sp³-hybridized carbons (Fsp3) is 0.235. The normalized spacial score (nSPS) is 11.0. The highest BCUT2D eigenvalue weighted by Crippen LogP contribution is 2.34. The fourth-order valence-corrected chi connectivity index (χ4v) is 2.65. The largest absolute Gasteiger partial charge is 0.373 e. The zero-order valence-corrected chi connectivity index (χ0v) is 12.5. The van der Waals surface area contributed by atoms with Crippen LogP contribution in [0.3, 0.4) is 0 Å². The molecule has 4 nitrogen and oxygen atoms in total. The predicted molar refractivity (Wildman–Crippen MR) is 86.4 cm³/mol. The van der Waals surface area contributed by atoms with Crippen LogP contribution in [0, 0.1) is 0 Å². The van der Waals surface area contributed by atoms with E-state index >= 15 is 0 Å². The number of nitrogens with one attached hydrogen (secondary N) is 1. The molecular weight excluding hydrogens is 260 g/mol.